The number of phenolic OH excluding ortho intramolecular Hbond substituents is 1. The first-order valence-corrected chi connectivity index (χ1v) is 11.9. The van der Waals surface area contributed by atoms with E-state index in [-0.39, 0.29) is 32.7 Å². The SMILES string of the molecule is O=S(=O)(O)c1cc2c(S(=O)(=O)O)cc(S(=O)(=O)O)c3ccc4c(O)ccc1c4c32. The third-order valence-electron chi connectivity index (χ3n) is 4.60. The maximum Gasteiger partial charge on any atom is 0.295 e. The first-order valence-electron chi connectivity index (χ1n) is 7.61. The van der Waals surface area contributed by atoms with E-state index in [4.69, 9.17) is 0 Å². The zero-order chi connectivity index (χ0) is 21.5. The average Bonchev–Trinajstić information content (AvgIpc) is 2.57. The van der Waals surface area contributed by atoms with Gasteiger partial charge in [-0.15, -0.1) is 0 Å². The van der Waals surface area contributed by atoms with Crippen LogP contribution in [0.3, 0.4) is 0 Å². The van der Waals surface area contributed by atoms with Gasteiger partial charge in [0, 0.05) is 32.3 Å². The molecule has 0 aliphatic carbocycles. The van der Waals surface area contributed by atoms with Crippen LogP contribution in [0.5, 0.6) is 5.75 Å². The van der Waals surface area contributed by atoms with E-state index in [1.54, 1.807) is 0 Å². The van der Waals surface area contributed by atoms with Gasteiger partial charge in [0.1, 0.15) is 20.4 Å². The Morgan fingerprint density at radius 3 is 1.41 bits per heavy atom. The fourth-order valence-corrected chi connectivity index (χ4v) is 5.72. The van der Waals surface area contributed by atoms with Crippen LogP contribution >= 0.6 is 0 Å². The lowest BCUT2D eigenvalue weighted by molar-refractivity contribution is 0.479. The molecule has 0 saturated carbocycles. The monoisotopic (exact) mass is 458 g/mol. The molecular weight excluding hydrogens is 448 g/mol. The van der Waals surface area contributed by atoms with E-state index < -0.39 is 50.4 Å². The van der Waals surface area contributed by atoms with E-state index in [9.17, 15) is 44.0 Å². The highest BCUT2D eigenvalue weighted by Gasteiger charge is 2.28. The number of hydrogen-bond donors (Lipinski definition) is 4. The molecule has 0 atom stereocenters. The van der Waals surface area contributed by atoms with Gasteiger partial charge >= 0.3 is 0 Å². The molecule has 0 aliphatic rings. The second-order valence-corrected chi connectivity index (χ2v) is 10.4. The molecule has 4 aromatic carbocycles. The van der Waals surface area contributed by atoms with Crippen molar-refractivity contribution in [1.29, 1.82) is 0 Å². The van der Waals surface area contributed by atoms with Crippen molar-refractivity contribution in [2.45, 2.75) is 14.7 Å². The highest BCUT2D eigenvalue weighted by Crippen LogP contribution is 2.44. The van der Waals surface area contributed by atoms with Crippen LogP contribution in [0.4, 0.5) is 0 Å². The molecule has 0 heterocycles. The highest BCUT2D eigenvalue weighted by atomic mass is 32.2. The van der Waals surface area contributed by atoms with Crippen molar-refractivity contribution in [3.8, 4) is 5.75 Å². The zero-order valence-electron chi connectivity index (χ0n) is 13.9. The predicted octanol–water partition coefficient (Wildman–Crippen LogP) is 2.03. The molecule has 13 heteroatoms. The van der Waals surface area contributed by atoms with Crippen molar-refractivity contribution in [1.82, 2.24) is 0 Å². The quantitative estimate of drug-likeness (QED) is 0.262. The lowest BCUT2D eigenvalue weighted by Gasteiger charge is -2.17. The van der Waals surface area contributed by atoms with Crippen LogP contribution in [0.25, 0.3) is 32.3 Å². The second kappa shape index (κ2) is 5.75. The highest BCUT2D eigenvalue weighted by molar-refractivity contribution is 7.87. The fourth-order valence-electron chi connectivity index (χ4n) is 3.51. The molecule has 0 fully saturated rings. The molecule has 152 valence electrons. The van der Waals surface area contributed by atoms with Gasteiger partial charge in [-0.2, -0.15) is 25.3 Å². The van der Waals surface area contributed by atoms with E-state index in [1.807, 2.05) is 0 Å². The van der Waals surface area contributed by atoms with Crippen molar-refractivity contribution in [2.75, 3.05) is 0 Å². The zero-order valence-corrected chi connectivity index (χ0v) is 16.4. The Morgan fingerprint density at radius 1 is 0.517 bits per heavy atom. The van der Waals surface area contributed by atoms with Gasteiger partial charge in [0.2, 0.25) is 0 Å². The van der Waals surface area contributed by atoms with Gasteiger partial charge in [-0.05, 0) is 30.3 Å². The number of phenols is 1. The van der Waals surface area contributed by atoms with Crippen molar-refractivity contribution in [3.63, 3.8) is 0 Å². The van der Waals surface area contributed by atoms with Crippen LogP contribution in [-0.4, -0.2) is 44.0 Å². The normalized spacial score (nSPS) is 13.6. The Balaban J connectivity index is 2.52. The van der Waals surface area contributed by atoms with Gasteiger partial charge in [0.05, 0.1) is 0 Å². The smallest absolute Gasteiger partial charge is 0.295 e. The maximum atomic E-state index is 11.9. The molecular formula is C16H10O10S3. The van der Waals surface area contributed by atoms with Crippen molar-refractivity contribution >= 4 is 62.7 Å². The third kappa shape index (κ3) is 2.90. The molecule has 0 unspecified atom stereocenters. The van der Waals surface area contributed by atoms with Gasteiger partial charge in [-0.1, -0.05) is 6.07 Å². The van der Waals surface area contributed by atoms with Crippen molar-refractivity contribution < 1.29 is 44.0 Å². The number of benzene rings is 4. The molecule has 0 bridgehead atoms. The van der Waals surface area contributed by atoms with Crippen molar-refractivity contribution in [2.24, 2.45) is 0 Å². The molecule has 4 aromatic rings. The van der Waals surface area contributed by atoms with Crippen LogP contribution in [0.1, 0.15) is 0 Å². The number of rotatable bonds is 3. The van der Waals surface area contributed by atoms with E-state index in [0.29, 0.717) is 6.07 Å². The molecule has 4 rings (SSSR count). The van der Waals surface area contributed by atoms with Crippen LogP contribution in [0.15, 0.2) is 51.1 Å². The Kier molecular flexibility index (Phi) is 3.91. The van der Waals surface area contributed by atoms with E-state index >= 15 is 0 Å². The average molecular weight is 458 g/mol. The van der Waals surface area contributed by atoms with Crippen molar-refractivity contribution in [3.05, 3.63) is 36.4 Å². The summed E-state index contributed by atoms with van der Waals surface area (Å²) >= 11 is 0. The first kappa shape index (κ1) is 19.8. The van der Waals surface area contributed by atoms with Crippen LogP contribution in [0.2, 0.25) is 0 Å². The van der Waals surface area contributed by atoms with Gasteiger partial charge in [-0.25, -0.2) is 0 Å². The molecule has 0 saturated heterocycles. The fraction of sp³-hybridized carbons (Fsp3) is 0. The summed E-state index contributed by atoms with van der Waals surface area (Å²) in [7, 11) is -15.0. The summed E-state index contributed by atoms with van der Waals surface area (Å²) in [4.78, 5) is -2.56. The van der Waals surface area contributed by atoms with E-state index in [0.717, 1.165) is 18.2 Å². The molecule has 0 radical (unpaired) electrons. The topological polar surface area (TPSA) is 183 Å². The summed E-state index contributed by atoms with van der Waals surface area (Å²) in [6, 6.07) is 5.98. The van der Waals surface area contributed by atoms with Gasteiger partial charge in [0.25, 0.3) is 30.4 Å². The maximum absolute atomic E-state index is 11.9. The summed E-state index contributed by atoms with van der Waals surface area (Å²) in [5, 5.41) is 9.21. The Morgan fingerprint density at radius 2 is 0.897 bits per heavy atom. The second-order valence-electron chi connectivity index (χ2n) is 6.26. The Hall–Kier alpha value is -2.55. The molecule has 4 N–H and O–H groups in total. The summed E-state index contributed by atoms with van der Waals surface area (Å²) < 4.78 is 100. The Bertz CT molecular complexity index is 1670. The summed E-state index contributed by atoms with van der Waals surface area (Å²) in [6.07, 6.45) is 0. The van der Waals surface area contributed by atoms with Crippen LogP contribution in [0, 0.1) is 0 Å². The molecule has 10 nitrogen and oxygen atoms in total. The summed E-state index contributed by atoms with van der Waals surface area (Å²) in [6.45, 7) is 0. The van der Waals surface area contributed by atoms with Gasteiger partial charge < -0.3 is 5.11 Å². The van der Waals surface area contributed by atoms with Crippen LogP contribution in [-0.2, 0) is 30.4 Å². The summed E-state index contributed by atoms with van der Waals surface area (Å²) in [5.74, 6) is -0.334. The van der Waals surface area contributed by atoms with Crippen LogP contribution < -0.4 is 0 Å². The van der Waals surface area contributed by atoms with Gasteiger partial charge in [0.15, 0.2) is 0 Å². The third-order valence-corrected chi connectivity index (χ3v) is 7.28. The summed E-state index contributed by atoms with van der Waals surface area (Å²) in [5.41, 5.74) is 0. The van der Waals surface area contributed by atoms with E-state index in [1.165, 1.54) is 12.1 Å². The molecule has 29 heavy (non-hydrogen) atoms. The molecule has 0 aliphatic heterocycles. The number of aromatic hydroxyl groups is 1. The Labute approximate surface area is 163 Å². The van der Waals surface area contributed by atoms with E-state index in [2.05, 4.69) is 0 Å². The predicted molar refractivity (Wildman–Crippen MR) is 101 cm³/mol. The first-order chi connectivity index (χ1) is 13.2. The minimum absolute atomic E-state index is 0.0271. The van der Waals surface area contributed by atoms with Gasteiger partial charge in [-0.3, -0.25) is 13.7 Å². The lowest BCUT2D eigenvalue weighted by atomic mass is 9.93. The molecule has 0 aromatic heterocycles. The standard InChI is InChI=1S/C16H10O10S3/c17-11-4-3-9-12(27(18,19)20)5-10-14(29(24,25)26)6-13(28(21,22)23)8-2-1-7(11)15(9)16(8)10/h1-6,17H,(H,18,19,20)(H,21,22,23)(H,24,25,26). The lowest BCUT2D eigenvalue weighted by Crippen LogP contribution is -2.07. The minimum Gasteiger partial charge on any atom is -0.507 e. The molecule has 0 amide bonds. The molecule has 0 spiro atoms. The number of hydrogen-bond acceptors (Lipinski definition) is 7. The largest absolute Gasteiger partial charge is 0.507 e. The minimum atomic E-state index is -5.10.